The molecule has 3 atom stereocenters. The summed E-state index contributed by atoms with van der Waals surface area (Å²) in [7, 11) is 0. The molecule has 0 spiro atoms. The van der Waals surface area contributed by atoms with Crippen molar-refractivity contribution in [3.05, 3.63) is 29.8 Å². The van der Waals surface area contributed by atoms with Crippen LogP contribution in [0.2, 0.25) is 0 Å². The Balaban J connectivity index is 0.00000120. The lowest BCUT2D eigenvalue weighted by Crippen LogP contribution is -2.30. The number of hydrogen-bond acceptors (Lipinski definition) is 3. The first-order chi connectivity index (χ1) is 8.22. The molecule has 100 valence electrons. The summed E-state index contributed by atoms with van der Waals surface area (Å²) in [4.78, 5) is 6.27. The van der Waals surface area contributed by atoms with Crippen LogP contribution in [0, 0.1) is 17.7 Å². The summed E-state index contributed by atoms with van der Waals surface area (Å²) < 4.78 is 13.0. The number of hydrogen-bond donors (Lipinski definition) is 1. The molecule has 1 saturated heterocycles. The molecule has 0 amide bonds. The zero-order valence-electron chi connectivity index (χ0n) is 10.3. The minimum atomic E-state index is -0.251. The van der Waals surface area contributed by atoms with E-state index in [9.17, 15) is 4.39 Å². The predicted octanol–water partition coefficient (Wildman–Crippen LogP) is 1.81. The van der Waals surface area contributed by atoms with Crippen molar-refractivity contribution in [3.63, 3.8) is 0 Å². The molecule has 0 aromatic carbocycles. The molecule has 2 fully saturated rings. The van der Waals surface area contributed by atoms with E-state index in [0.717, 1.165) is 31.1 Å². The lowest BCUT2D eigenvalue weighted by molar-refractivity contribution is 0.297. The molecule has 3 unspecified atom stereocenters. The van der Waals surface area contributed by atoms with E-state index in [1.54, 1.807) is 12.3 Å². The standard InChI is InChI=1S/C13H18FN3.ClH/c14-11-3-9(4-16-5-11)6-17-7-10-1-2-13(15)12(10)8-17;/h3-5,10,12-13H,1-2,6-8,15H2;1H. The molecule has 2 aliphatic rings. The Bertz CT molecular complexity index is 415. The van der Waals surface area contributed by atoms with E-state index in [1.807, 2.05) is 0 Å². The molecule has 1 aromatic rings. The zero-order valence-corrected chi connectivity index (χ0v) is 11.1. The van der Waals surface area contributed by atoms with Crippen LogP contribution in [-0.4, -0.2) is 29.0 Å². The molecule has 3 rings (SSSR count). The lowest BCUT2D eigenvalue weighted by Gasteiger charge is -2.18. The van der Waals surface area contributed by atoms with E-state index in [1.165, 1.54) is 19.0 Å². The summed E-state index contributed by atoms with van der Waals surface area (Å²) >= 11 is 0. The smallest absolute Gasteiger partial charge is 0.141 e. The molecule has 5 heteroatoms. The molecule has 3 nitrogen and oxygen atoms in total. The molecule has 2 N–H and O–H groups in total. The van der Waals surface area contributed by atoms with Crippen molar-refractivity contribution in [3.8, 4) is 0 Å². The minimum absolute atomic E-state index is 0. The maximum absolute atomic E-state index is 13.0. The van der Waals surface area contributed by atoms with Gasteiger partial charge in [-0.1, -0.05) is 0 Å². The molecule has 1 aliphatic heterocycles. The number of nitrogens with zero attached hydrogens (tertiary/aromatic N) is 2. The van der Waals surface area contributed by atoms with E-state index in [4.69, 9.17) is 5.73 Å². The van der Waals surface area contributed by atoms with Gasteiger partial charge in [0.15, 0.2) is 0 Å². The lowest BCUT2D eigenvalue weighted by atomic mass is 9.98. The Morgan fingerprint density at radius 2 is 2.17 bits per heavy atom. The summed E-state index contributed by atoms with van der Waals surface area (Å²) in [5.74, 6) is 1.15. The van der Waals surface area contributed by atoms with E-state index in [2.05, 4.69) is 9.88 Å². The molecule has 1 aliphatic carbocycles. The predicted molar refractivity (Wildman–Crippen MR) is 70.9 cm³/mol. The Hall–Kier alpha value is -0.710. The fourth-order valence-electron chi connectivity index (χ4n) is 3.33. The molecule has 2 heterocycles. The van der Waals surface area contributed by atoms with Crippen molar-refractivity contribution in [2.24, 2.45) is 17.6 Å². The third-order valence-electron chi connectivity index (χ3n) is 4.16. The summed E-state index contributed by atoms with van der Waals surface area (Å²) in [6.07, 6.45) is 5.42. The second-order valence-corrected chi connectivity index (χ2v) is 5.37. The monoisotopic (exact) mass is 271 g/mol. The molecular formula is C13H19ClFN3. The molecule has 1 aromatic heterocycles. The van der Waals surface area contributed by atoms with Gasteiger partial charge >= 0.3 is 0 Å². The van der Waals surface area contributed by atoms with Crippen molar-refractivity contribution in [1.82, 2.24) is 9.88 Å². The van der Waals surface area contributed by atoms with E-state index in [-0.39, 0.29) is 18.2 Å². The van der Waals surface area contributed by atoms with Crippen molar-refractivity contribution < 1.29 is 4.39 Å². The van der Waals surface area contributed by atoms with Crippen LogP contribution >= 0.6 is 12.4 Å². The highest BCUT2D eigenvalue weighted by Crippen LogP contribution is 2.37. The van der Waals surface area contributed by atoms with Crippen LogP contribution in [0.3, 0.4) is 0 Å². The average molecular weight is 272 g/mol. The first-order valence-electron chi connectivity index (χ1n) is 6.30. The molecule has 1 saturated carbocycles. The van der Waals surface area contributed by atoms with Gasteiger partial charge in [-0.15, -0.1) is 12.4 Å². The second-order valence-electron chi connectivity index (χ2n) is 5.37. The Morgan fingerprint density at radius 3 is 2.89 bits per heavy atom. The highest BCUT2D eigenvalue weighted by molar-refractivity contribution is 5.85. The van der Waals surface area contributed by atoms with Crippen molar-refractivity contribution in [2.75, 3.05) is 13.1 Å². The van der Waals surface area contributed by atoms with Gasteiger partial charge in [-0.05, 0) is 36.3 Å². The number of fused-ring (bicyclic) bond motifs is 1. The summed E-state index contributed by atoms with van der Waals surface area (Å²) in [5.41, 5.74) is 7.06. The van der Waals surface area contributed by atoms with Crippen LogP contribution in [0.15, 0.2) is 18.5 Å². The average Bonchev–Trinajstić information content (AvgIpc) is 2.82. The van der Waals surface area contributed by atoms with E-state index in [0.29, 0.717) is 12.0 Å². The number of rotatable bonds is 2. The van der Waals surface area contributed by atoms with Gasteiger partial charge in [0.05, 0.1) is 6.20 Å². The van der Waals surface area contributed by atoms with Gasteiger partial charge in [0.2, 0.25) is 0 Å². The molecule has 0 radical (unpaired) electrons. The van der Waals surface area contributed by atoms with Gasteiger partial charge in [0, 0.05) is 31.9 Å². The summed E-state index contributed by atoms with van der Waals surface area (Å²) in [5, 5.41) is 0. The number of halogens is 2. The molecular weight excluding hydrogens is 253 g/mol. The van der Waals surface area contributed by atoms with Gasteiger partial charge in [-0.3, -0.25) is 9.88 Å². The normalized spacial score (nSPS) is 31.1. The van der Waals surface area contributed by atoms with Gasteiger partial charge < -0.3 is 5.73 Å². The number of pyridine rings is 1. The quantitative estimate of drug-likeness (QED) is 0.892. The SMILES string of the molecule is Cl.NC1CCC2CN(Cc3cncc(F)c3)CC12. The van der Waals surface area contributed by atoms with Crippen molar-refractivity contribution in [2.45, 2.75) is 25.4 Å². The maximum atomic E-state index is 13.0. The minimum Gasteiger partial charge on any atom is -0.327 e. The van der Waals surface area contributed by atoms with Gasteiger partial charge in [-0.2, -0.15) is 0 Å². The van der Waals surface area contributed by atoms with Crippen LogP contribution < -0.4 is 5.73 Å². The van der Waals surface area contributed by atoms with Crippen molar-refractivity contribution in [1.29, 1.82) is 0 Å². The van der Waals surface area contributed by atoms with Crippen LogP contribution in [-0.2, 0) is 6.54 Å². The number of aromatic nitrogens is 1. The highest BCUT2D eigenvalue weighted by Gasteiger charge is 2.40. The van der Waals surface area contributed by atoms with E-state index >= 15 is 0 Å². The van der Waals surface area contributed by atoms with Gasteiger partial charge in [0.25, 0.3) is 0 Å². The first-order valence-corrected chi connectivity index (χ1v) is 6.30. The van der Waals surface area contributed by atoms with Gasteiger partial charge in [-0.25, -0.2) is 4.39 Å². The topological polar surface area (TPSA) is 42.1 Å². The largest absolute Gasteiger partial charge is 0.327 e. The van der Waals surface area contributed by atoms with Crippen LogP contribution in [0.4, 0.5) is 4.39 Å². The van der Waals surface area contributed by atoms with Crippen LogP contribution in [0.5, 0.6) is 0 Å². The molecule has 0 bridgehead atoms. The summed E-state index contributed by atoms with van der Waals surface area (Å²) in [6, 6.07) is 1.94. The highest BCUT2D eigenvalue weighted by atomic mass is 35.5. The van der Waals surface area contributed by atoms with Gasteiger partial charge in [0.1, 0.15) is 5.82 Å². The number of nitrogens with two attached hydrogens (primary N) is 1. The maximum Gasteiger partial charge on any atom is 0.141 e. The summed E-state index contributed by atoms with van der Waals surface area (Å²) in [6.45, 7) is 2.96. The second kappa shape index (κ2) is 5.51. The van der Waals surface area contributed by atoms with E-state index < -0.39 is 0 Å². The third kappa shape index (κ3) is 2.66. The Morgan fingerprint density at radius 1 is 1.33 bits per heavy atom. The fraction of sp³-hybridized carbons (Fsp3) is 0.615. The number of likely N-dealkylation sites (tertiary alicyclic amines) is 1. The first kappa shape index (κ1) is 13.7. The molecule has 18 heavy (non-hydrogen) atoms. The Kier molecular flexibility index (Phi) is 4.20. The van der Waals surface area contributed by atoms with Crippen molar-refractivity contribution >= 4 is 12.4 Å². The zero-order chi connectivity index (χ0) is 11.8. The van der Waals surface area contributed by atoms with Crippen LogP contribution in [0.25, 0.3) is 0 Å². The van der Waals surface area contributed by atoms with Crippen LogP contribution in [0.1, 0.15) is 18.4 Å². The Labute approximate surface area is 113 Å². The fourth-order valence-corrected chi connectivity index (χ4v) is 3.33. The third-order valence-corrected chi connectivity index (χ3v) is 4.16.